The molecule has 0 unspecified atom stereocenters. The summed E-state index contributed by atoms with van der Waals surface area (Å²) >= 11 is 0. The number of benzene rings is 1. The average molecular weight is 179 g/mol. The van der Waals surface area contributed by atoms with Crippen LogP contribution in [0.4, 0.5) is 4.39 Å². The molecule has 1 N–H and O–H groups in total. The van der Waals surface area contributed by atoms with Crippen molar-refractivity contribution in [1.82, 2.24) is 0 Å². The fourth-order valence-corrected chi connectivity index (χ4v) is 1.01. The maximum Gasteiger partial charge on any atom is 0.338 e. The van der Waals surface area contributed by atoms with Gasteiger partial charge in [-0.3, -0.25) is 0 Å². The zero-order valence-corrected chi connectivity index (χ0v) is 6.84. The van der Waals surface area contributed by atoms with E-state index in [-0.39, 0.29) is 5.56 Å². The van der Waals surface area contributed by atoms with Crippen molar-refractivity contribution in [2.75, 3.05) is 0 Å². The number of nitrogens with zero attached hydrogens (tertiary/aromatic N) is 1. The zero-order chi connectivity index (χ0) is 10.0. The van der Waals surface area contributed by atoms with Crippen LogP contribution < -0.4 is 0 Å². The molecule has 0 aliphatic rings. The second kappa shape index (κ2) is 3.23. The first-order chi connectivity index (χ1) is 6.06. The number of aryl methyl sites for hydroxylation is 1. The number of carbonyl (C=O) groups is 1. The number of aromatic carboxylic acids is 1. The molecule has 66 valence electrons. The molecule has 0 aliphatic heterocycles. The minimum absolute atomic E-state index is 0.239. The van der Waals surface area contributed by atoms with Crippen molar-refractivity contribution >= 4 is 5.97 Å². The molecule has 13 heavy (non-hydrogen) atoms. The van der Waals surface area contributed by atoms with Gasteiger partial charge in [-0.1, -0.05) is 0 Å². The minimum atomic E-state index is -1.36. The Kier molecular flexibility index (Phi) is 2.29. The SMILES string of the molecule is Cc1cc(C#N)c(F)c(C(=O)O)c1. The third kappa shape index (κ3) is 1.64. The molecule has 3 nitrogen and oxygen atoms in total. The van der Waals surface area contributed by atoms with E-state index in [1.807, 2.05) is 0 Å². The Labute approximate surface area is 74.0 Å². The largest absolute Gasteiger partial charge is 0.478 e. The molecule has 0 aliphatic carbocycles. The molecule has 0 aromatic heterocycles. The van der Waals surface area contributed by atoms with Crippen LogP contribution in [-0.4, -0.2) is 11.1 Å². The number of nitriles is 1. The highest BCUT2D eigenvalue weighted by molar-refractivity contribution is 5.88. The van der Waals surface area contributed by atoms with Crippen LogP contribution in [0.5, 0.6) is 0 Å². The zero-order valence-electron chi connectivity index (χ0n) is 6.84. The summed E-state index contributed by atoms with van der Waals surface area (Å²) in [5.41, 5.74) is -0.149. The molecule has 0 saturated carbocycles. The van der Waals surface area contributed by atoms with Crippen LogP contribution >= 0.6 is 0 Å². The Morgan fingerprint density at radius 1 is 1.62 bits per heavy atom. The molecule has 1 aromatic rings. The maximum absolute atomic E-state index is 13.1. The number of hydrogen-bond donors (Lipinski definition) is 1. The lowest BCUT2D eigenvalue weighted by atomic mass is 10.1. The highest BCUT2D eigenvalue weighted by Gasteiger charge is 2.14. The van der Waals surface area contributed by atoms with E-state index >= 15 is 0 Å². The third-order valence-electron chi connectivity index (χ3n) is 1.57. The van der Waals surface area contributed by atoms with E-state index in [2.05, 4.69) is 0 Å². The Morgan fingerprint density at radius 2 is 2.23 bits per heavy atom. The van der Waals surface area contributed by atoms with Gasteiger partial charge in [-0.2, -0.15) is 5.26 Å². The lowest BCUT2D eigenvalue weighted by Crippen LogP contribution is -2.03. The molecule has 0 fully saturated rings. The Balaban J connectivity index is 3.47. The molecule has 0 bridgehead atoms. The highest BCUT2D eigenvalue weighted by Crippen LogP contribution is 2.14. The Morgan fingerprint density at radius 3 is 2.69 bits per heavy atom. The molecule has 1 rings (SSSR count). The Hall–Kier alpha value is -1.89. The summed E-state index contributed by atoms with van der Waals surface area (Å²) in [5, 5.41) is 17.0. The summed E-state index contributed by atoms with van der Waals surface area (Å²) in [5.74, 6) is -2.33. The van der Waals surface area contributed by atoms with Gasteiger partial charge in [-0.15, -0.1) is 0 Å². The van der Waals surface area contributed by atoms with E-state index in [4.69, 9.17) is 10.4 Å². The van der Waals surface area contributed by atoms with E-state index < -0.39 is 17.3 Å². The lowest BCUT2D eigenvalue weighted by Gasteiger charge is -2.00. The van der Waals surface area contributed by atoms with Crippen molar-refractivity contribution in [2.24, 2.45) is 0 Å². The quantitative estimate of drug-likeness (QED) is 0.713. The molecule has 0 spiro atoms. The van der Waals surface area contributed by atoms with E-state index in [1.54, 1.807) is 13.0 Å². The summed E-state index contributed by atoms with van der Waals surface area (Å²) in [4.78, 5) is 10.5. The number of hydrogen-bond acceptors (Lipinski definition) is 2. The van der Waals surface area contributed by atoms with E-state index in [9.17, 15) is 9.18 Å². The lowest BCUT2D eigenvalue weighted by molar-refractivity contribution is 0.0691. The fourth-order valence-electron chi connectivity index (χ4n) is 1.01. The molecule has 1 aromatic carbocycles. The molecular formula is C9H6FNO2. The van der Waals surface area contributed by atoms with E-state index in [0.717, 1.165) is 0 Å². The summed E-state index contributed by atoms with van der Waals surface area (Å²) in [6.45, 7) is 1.60. The minimum Gasteiger partial charge on any atom is -0.478 e. The van der Waals surface area contributed by atoms with Crippen molar-refractivity contribution in [2.45, 2.75) is 6.92 Å². The number of halogens is 1. The molecule has 0 radical (unpaired) electrons. The van der Waals surface area contributed by atoms with Crippen molar-refractivity contribution in [1.29, 1.82) is 5.26 Å². The molecular weight excluding hydrogens is 173 g/mol. The van der Waals surface area contributed by atoms with Gasteiger partial charge in [0.05, 0.1) is 11.1 Å². The molecule has 0 amide bonds. The van der Waals surface area contributed by atoms with Gasteiger partial charge in [0.25, 0.3) is 0 Å². The van der Waals surface area contributed by atoms with Crippen molar-refractivity contribution < 1.29 is 14.3 Å². The first kappa shape index (κ1) is 9.20. The van der Waals surface area contributed by atoms with Crippen LogP contribution in [0.25, 0.3) is 0 Å². The Bertz CT molecular complexity index is 407. The predicted molar refractivity (Wildman–Crippen MR) is 42.8 cm³/mol. The topological polar surface area (TPSA) is 61.1 Å². The molecule has 4 heteroatoms. The summed E-state index contributed by atoms with van der Waals surface area (Å²) < 4.78 is 13.1. The van der Waals surface area contributed by atoms with Crippen LogP contribution in [0.1, 0.15) is 21.5 Å². The number of rotatable bonds is 1. The van der Waals surface area contributed by atoms with Crippen LogP contribution in [0.2, 0.25) is 0 Å². The monoisotopic (exact) mass is 179 g/mol. The average Bonchev–Trinajstić information content (AvgIpc) is 2.08. The summed E-state index contributed by atoms with van der Waals surface area (Å²) in [7, 11) is 0. The first-order valence-electron chi connectivity index (χ1n) is 3.50. The first-order valence-corrected chi connectivity index (χ1v) is 3.50. The molecule has 0 atom stereocenters. The van der Waals surface area contributed by atoms with Crippen LogP contribution in [0.15, 0.2) is 12.1 Å². The van der Waals surface area contributed by atoms with Gasteiger partial charge < -0.3 is 5.11 Å². The summed E-state index contributed by atoms with van der Waals surface area (Å²) in [6, 6.07) is 4.09. The van der Waals surface area contributed by atoms with Gasteiger partial charge in [0.2, 0.25) is 0 Å². The normalized spacial score (nSPS) is 9.31. The maximum atomic E-state index is 13.1. The van der Waals surface area contributed by atoms with Gasteiger partial charge in [0.1, 0.15) is 6.07 Å². The molecule has 0 heterocycles. The smallest absolute Gasteiger partial charge is 0.338 e. The van der Waals surface area contributed by atoms with Gasteiger partial charge in [0, 0.05) is 0 Å². The second-order valence-corrected chi connectivity index (χ2v) is 2.59. The summed E-state index contributed by atoms with van der Waals surface area (Å²) in [6.07, 6.45) is 0. The predicted octanol–water partition coefficient (Wildman–Crippen LogP) is 1.70. The number of carboxylic acids is 1. The van der Waals surface area contributed by atoms with Crippen molar-refractivity contribution in [3.63, 3.8) is 0 Å². The van der Waals surface area contributed by atoms with Crippen molar-refractivity contribution in [3.8, 4) is 6.07 Å². The molecule has 0 saturated heterocycles. The van der Waals surface area contributed by atoms with Gasteiger partial charge in [-0.05, 0) is 24.6 Å². The van der Waals surface area contributed by atoms with Crippen molar-refractivity contribution in [3.05, 3.63) is 34.6 Å². The van der Waals surface area contributed by atoms with Crippen LogP contribution in [-0.2, 0) is 0 Å². The fraction of sp³-hybridized carbons (Fsp3) is 0.111. The van der Waals surface area contributed by atoms with E-state index in [0.29, 0.717) is 5.56 Å². The van der Waals surface area contributed by atoms with Crippen LogP contribution in [0, 0.1) is 24.1 Å². The van der Waals surface area contributed by atoms with Gasteiger partial charge >= 0.3 is 5.97 Å². The van der Waals surface area contributed by atoms with Gasteiger partial charge in [-0.25, -0.2) is 9.18 Å². The highest BCUT2D eigenvalue weighted by atomic mass is 19.1. The standard InChI is InChI=1S/C9H6FNO2/c1-5-2-6(4-11)8(10)7(3-5)9(12)13/h2-3H,1H3,(H,12,13). The van der Waals surface area contributed by atoms with Crippen LogP contribution in [0.3, 0.4) is 0 Å². The van der Waals surface area contributed by atoms with E-state index in [1.165, 1.54) is 12.1 Å². The third-order valence-corrected chi connectivity index (χ3v) is 1.57. The number of carboxylic acid groups (broad SMARTS) is 1. The second-order valence-electron chi connectivity index (χ2n) is 2.59. The van der Waals surface area contributed by atoms with Gasteiger partial charge in [0.15, 0.2) is 5.82 Å².